The van der Waals surface area contributed by atoms with E-state index >= 15 is 0 Å². The molecule has 0 atom stereocenters. The number of aliphatic hydroxyl groups excluding tert-OH is 1. The molecule has 0 aliphatic heterocycles. The van der Waals surface area contributed by atoms with Crippen LogP contribution >= 0.6 is 0 Å². The van der Waals surface area contributed by atoms with Gasteiger partial charge in [-0.25, -0.2) is 0 Å². The lowest BCUT2D eigenvalue weighted by molar-refractivity contribution is -0.149. The molecule has 1 aliphatic rings. The Labute approximate surface area is 123 Å². The molecule has 0 aromatic heterocycles. The van der Waals surface area contributed by atoms with Crippen LogP contribution in [0.15, 0.2) is 11.6 Å². The summed E-state index contributed by atoms with van der Waals surface area (Å²) >= 11 is 0. The highest BCUT2D eigenvalue weighted by Crippen LogP contribution is 2.19. The molecule has 1 aliphatic carbocycles. The zero-order valence-electron chi connectivity index (χ0n) is 12.1. The number of nitrogens with zero attached hydrogens (tertiary/aromatic N) is 1. The summed E-state index contributed by atoms with van der Waals surface area (Å²) in [5.41, 5.74) is 1.31. The van der Waals surface area contributed by atoms with Gasteiger partial charge in [0.15, 0.2) is 0 Å². The first-order valence-corrected chi connectivity index (χ1v) is 7.25. The van der Waals surface area contributed by atoms with Gasteiger partial charge in [0.1, 0.15) is 0 Å². The Morgan fingerprint density at radius 3 is 2.71 bits per heavy atom. The topological polar surface area (TPSA) is 52.6 Å². The predicted molar refractivity (Wildman–Crippen MR) is 73.8 cm³/mol. The normalized spacial score (nSPS) is 16.0. The van der Waals surface area contributed by atoms with Crippen LogP contribution in [-0.2, 0) is 4.79 Å². The number of nitrogens with one attached hydrogen (secondary N) is 1. The van der Waals surface area contributed by atoms with E-state index in [2.05, 4.69) is 11.4 Å². The molecule has 0 radical (unpaired) electrons. The minimum atomic E-state index is -4.37. The second kappa shape index (κ2) is 9.04. The van der Waals surface area contributed by atoms with Gasteiger partial charge in [-0.3, -0.25) is 9.69 Å². The molecule has 0 bridgehead atoms. The van der Waals surface area contributed by atoms with Crippen molar-refractivity contribution in [1.82, 2.24) is 10.2 Å². The fraction of sp³-hybridized carbons (Fsp3) is 0.786. The number of carbonyl (C=O) groups excluding carboxylic acids is 1. The van der Waals surface area contributed by atoms with Crippen LogP contribution in [0.3, 0.4) is 0 Å². The number of aliphatic hydroxyl groups is 1. The van der Waals surface area contributed by atoms with Gasteiger partial charge in [0.05, 0.1) is 19.7 Å². The van der Waals surface area contributed by atoms with E-state index in [1.165, 1.54) is 12.0 Å². The van der Waals surface area contributed by atoms with Gasteiger partial charge in [-0.2, -0.15) is 13.2 Å². The fourth-order valence-corrected chi connectivity index (χ4v) is 2.36. The van der Waals surface area contributed by atoms with E-state index in [-0.39, 0.29) is 13.1 Å². The van der Waals surface area contributed by atoms with E-state index in [9.17, 15) is 18.0 Å². The van der Waals surface area contributed by atoms with Crippen molar-refractivity contribution in [3.63, 3.8) is 0 Å². The zero-order chi connectivity index (χ0) is 15.7. The quantitative estimate of drug-likeness (QED) is 0.673. The number of hydrogen-bond acceptors (Lipinski definition) is 3. The number of amides is 1. The van der Waals surface area contributed by atoms with E-state index < -0.39 is 25.2 Å². The summed E-state index contributed by atoms with van der Waals surface area (Å²) in [6.07, 6.45) is 3.03. The monoisotopic (exact) mass is 308 g/mol. The molecule has 1 amide bonds. The number of allylic oxidation sites excluding steroid dienone is 1. The lowest BCUT2D eigenvalue weighted by Gasteiger charge is -2.22. The summed E-state index contributed by atoms with van der Waals surface area (Å²) in [6.45, 7) is -1.66. The minimum Gasteiger partial charge on any atom is -0.395 e. The van der Waals surface area contributed by atoms with Crippen LogP contribution in [0.5, 0.6) is 0 Å². The molecule has 2 N–H and O–H groups in total. The average molecular weight is 308 g/mol. The maximum absolute atomic E-state index is 12.3. The van der Waals surface area contributed by atoms with Crippen LogP contribution in [0.1, 0.15) is 32.1 Å². The first-order chi connectivity index (χ1) is 9.90. The van der Waals surface area contributed by atoms with Crippen molar-refractivity contribution in [1.29, 1.82) is 0 Å². The van der Waals surface area contributed by atoms with Crippen molar-refractivity contribution in [2.75, 3.05) is 32.8 Å². The maximum Gasteiger partial charge on any atom is 0.401 e. The van der Waals surface area contributed by atoms with Gasteiger partial charge in [0.2, 0.25) is 5.91 Å². The van der Waals surface area contributed by atoms with Crippen molar-refractivity contribution in [3.05, 3.63) is 11.6 Å². The van der Waals surface area contributed by atoms with Gasteiger partial charge in [-0.05, 0) is 32.1 Å². The summed E-state index contributed by atoms with van der Waals surface area (Å²) < 4.78 is 36.9. The molecule has 0 aromatic carbocycles. The Balaban J connectivity index is 2.27. The number of alkyl halides is 3. The lowest BCUT2D eigenvalue weighted by Crippen LogP contribution is -2.43. The van der Waals surface area contributed by atoms with E-state index in [0.29, 0.717) is 6.54 Å². The highest BCUT2D eigenvalue weighted by molar-refractivity contribution is 5.78. The molecule has 0 fully saturated rings. The van der Waals surface area contributed by atoms with Crippen LogP contribution in [0.2, 0.25) is 0 Å². The molecule has 0 spiro atoms. The summed E-state index contributed by atoms with van der Waals surface area (Å²) in [5, 5.41) is 11.4. The standard InChI is InChI=1S/C14H23F3N2O2/c15-14(16,17)11-19(8-9-20)10-13(21)18-7-6-12-4-2-1-3-5-12/h4,20H,1-3,5-11H2,(H,18,21). The van der Waals surface area contributed by atoms with Crippen molar-refractivity contribution in [3.8, 4) is 0 Å². The van der Waals surface area contributed by atoms with Crippen LogP contribution in [0.25, 0.3) is 0 Å². The van der Waals surface area contributed by atoms with E-state index in [4.69, 9.17) is 5.11 Å². The van der Waals surface area contributed by atoms with Crippen molar-refractivity contribution < 1.29 is 23.1 Å². The Morgan fingerprint density at radius 2 is 2.14 bits per heavy atom. The van der Waals surface area contributed by atoms with Crippen molar-refractivity contribution in [2.45, 2.75) is 38.3 Å². The molecule has 21 heavy (non-hydrogen) atoms. The SMILES string of the molecule is O=C(CN(CCO)CC(F)(F)F)NCCC1=CCCCC1. The molecular weight excluding hydrogens is 285 g/mol. The smallest absolute Gasteiger partial charge is 0.395 e. The maximum atomic E-state index is 12.3. The molecule has 0 saturated heterocycles. The van der Waals surface area contributed by atoms with Crippen molar-refractivity contribution in [2.24, 2.45) is 0 Å². The molecule has 122 valence electrons. The number of carbonyl (C=O) groups is 1. The highest BCUT2D eigenvalue weighted by Gasteiger charge is 2.31. The van der Waals surface area contributed by atoms with Crippen LogP contribution in [-0.4, -0.2) is 54.9 Å². The van der Waals surface area contributed by atoms with Gasteiger partial charge in [0.25, 0.3) is 0 Å². The van der Waals surface area contributed by atoms with E-state index in [1.807, 2.05) is 0 Å². The Hall–Kier alpha value is -1.08. The largest absolute Gasteiger partial charge is 0.401 e. The number of halogens is 3. The third kappa shape index (κ3) is 8.72. The lowest BCUT2D eigenvalue weighted by atomic mass is 9.97. The van der Waals surface area contributed by atoms with Crippen molar-refractivity contribution >= 4 is 5.91 Å². The van der Waals surface area contributed by atoms with Gasteiger partial charge in [-0.1, -0.05) is 11.6 Å². The minimum absolute atomic E-state index is 0.169. The average Bonchev–Trinajstić information content (AvgIpc) is 2.38. The first kappa shape index (κ1) is 18.0. The molecule has 4 nitrogen and oxygen atoms in total. The Morgan fingerprint density at radius 1 is 1.38 bits per heavy atom. The third-order valence-corrected chi connectivity index (χ3v) is 3.34. The Kier molecular flexibility index (Phi) is 7.74. The second-order valence-electron chi connectivity index (χ2n) is 5.26. The number of hydrogen-bond donors (Lipinski definition) is 2. The second-order valence-corrected chi connectivity index (χ2v) is 5.26. The zero-order valence-corrected chi connectivity index (χ0v) is 12.1. The molecule has 7 heteroatoms. The van der Waals surface area contributed by atoms with Gasteiger partial charge < -0.3 is 10.4 Å². The van der Waals surface area contributed by atoms with Crippen LogP contribution < -0.4 is 5.32 Å². The molecule has 0 saturated carbocycles. The molecular formula is C14H23F3N2O2. The molecule has 0 heterocycles. The molecule has 1 rings (SSSR count). The van der Waals surface area contributed by atoms with E-state index in [1.54, 1.807) is 0 Å². The van der Waals surface area contributed by atoms with Gasteiger partial charge in [-0.15, -0.1) is 0 Å². The predicted octanol–water partition coefficient (Wildman–Crippen LogP) is 1.85. The van der Waals surface area contributed by atoms with Gasteiger partial charge >= 0.3 is 6.18 Å². The fourth-order valence-electron chi connectivity index (χ4n) is 2.36. The van der Waals surface area contributed by atoms with E-state index in [0.717, 1.165) is 30.6 Å². The Bertz CT molecular complexity index is 357. The third-order valence-electron chi connectivity index (χ3n) is 3.34. The summed E-state index contributed by atoms with van der Waals surface area (Å²) in [7, 11) is 0. The first-order valence-electron chi connectivity index (χ1n) is 7.25. The van der Waals surface area contributed by atoms with Crippen LogP contribution in [0.4, 0.5) is 13.2 Å². The number of rotatable bonds is 8. The summed E-state index contributed by atoms with van der Waals surface area (Å²) in [5.74, 6) is -0.441. The molecule has 0 unspecified atom stereocenters. The summed E-state index contributed by atoms with van der Waals surface area (Å²) in [4.78, 5) is 12.5. The van der Waals surface area contributed by atoms with Gasteiger partial charge in [0, 0.05) is 13.1 Å². The summed E-state index contributed by atoms with van der Waals surface area (Å²) in [6, 6.07) is 0. The molecule has 0 aromatic rings. The highest BCUT2D eigenvalue weighted by atomic mass is 19.4. The van der Waals surface area contributed by atoms with Crippen LogP contribution in [0, 0.1) is 0 Å².